The number of rotatable bonds is 2. The van der Waals surface area contributed by atoms with E-state index in [1.807, 2.05) is 0 Å². The molecule has 0 saturated carbocycles. The number of halogens is 1. The molecule has 1 aliphatic heterocycles. The SMILES string of the molecule is CC1C(=NN)C(C(N)=O)=[N+](C)C(O)=C1C(=O)N(C)C.[Cl-]. The van der Waals surface area contributed by atoms with Crippen molar-refractivity contribution < 1.29 is 31.7 Å². The first-order valence-corrected chi connectivity index (χ1v) is 5.57. The molecule has 1 aliphatic rings. The fourth-order valence-corrected chi connectivity index (χ4v) is 1.98. The molecule has 1 rings (SSSR count). The summed E-state index contributed by atoms with van der Waals surface area (Å²) in [5.74, 6) is 3.15. The van der Waals surface area contributed by atoms with Crippen molar-refractivity contribution in [2.24, 2.45) is 22.6 Å². The molecule has 1 unspecified atom stereocenters. The highest BCUT2D eigenvalue weighted by Crippen LogP contribution is 2.23. The molecule has 0 aromatic heterocycles. The number of likely N-dealkylation sites (N-methyl/N-ethyl adjacent to an activating group) is 1. The molecule has 0 saturated heterocycles. The van der Waals surface area contributed by atoms with Gasteiger partial charge in [0.15, 0.2) is 0 Å². The predicted molar refractivity (Wildman–Crippen MR) is 69.5 cm³/mol. The van der Waals surface area contributed by atoms with E-state index >= 15 is 0 Å². The molecule has 8 nitrogen and oxygen atoms in total. The molecular weight excluding hydrogens is 286 g/mol. The average Bonchev–Trinajstić information content (AvgIpc) is 2.32. The van der Waals surface area contributed by atoms with E-state index in [-0.39, 0.29) is 41.2 Å². The van der Waals surface area contributed by atoms with Crippen LogP contribution in [0.3, 0.4) is 0 Å². The van der Waals surface area contributed by atoms with Gasteiger partial charge in [-0.1, -0.05) is 6.92 Å². The van der Waals surface area contributed by atoms with Crippen LogP contribution in [0.5, 0.6) is 0 Å². The van der Waals surface area contributed by atoms with Crippen LogP contribution >= 0.6 is 0 Å². The van der Waals surface area contributed by atoms with Crippen LogP contribution in [-0.2, 0) is 9.59 Å². The predicted octanol–water partition coefficient (Wildman–Crippen LogP) is -4.62. The largest absolute Gasteiger partial charge is 1.00 e. The molecule has 112 valence electrons. The van der Waals surface area contributed by atoms with Crippen LogP contribution < -0.4 is 24.0 Å². The van der Waals surface area contributed by atoms with Crippen molar-refractivity contribution in [1.82, 2.24) is 4.90 Å². The number of primary amides is 1. The number of aliphatic hydroxyl groups excluding tert-OH is 1. The quantitative estimate of drug-likeness (QED) is 0.269. The smallest absolute Gasteiger partial charge is 0.375 e. The monoisotopic (exact) mass is 303 g/mol. The van der Waals surface area contributed by atoms with E-state index in [0.717, 1.165) is 4.58 Å². The Labute approximate surface area is 122 Å². The lowest BCUT2D eigenvalue weighted by Gasteiger charge is -2.22. The van der Waals surface area contributed by atoms with Gasteiger partial charge in [0.2, 0.25) is 0 Å². The first-order valence-electron chi connectivity index (χ1n) is 5.57. The van der Waals surface area contributed by atoms with Crippen LogP contribution in [0.25, 0.3) is 0 Å². The van der Waals surface area contributed by atoms with Gasteiger partial charge in [-0.2, -0.15) is 9.68 Å². The number of hydrogen-bond donors (Lipinski definition) is 3. The maximum atomic E-state index is 12.1. The standard InChI is InChI=1S/C11H17N5O3.ClH/c1-5-6(10(18)15(2)3)11(19)16(4)8(9(12)17)7(5)14-13;/h5,13H,1-4H3,(H3,12,17,18,19);1H. The molecule has 0 radical (unpaired) electrons. The lowest BCUT2D eigenvalue weighted by molar-refractivity contribution is -0.475. The Bertz CT molecular complexity index is 536. The average molecular weight is 304 g/mol. The van der Waals surface area contributed by atoms with E-state index in [1.54, 1.807) is 21.0 Å². The fourth-order valence-electron chi connectivity index (χ4n) is 1.98. The van der Waals surface area contributed by atoms with Gasteiger partial charge in [0.25, 0.3) is 11.6 Å². The molecule has 9 heteroatoms. The zero-order valence-corrected chi connectivity index (χ0v) is 12.5. The van der Waals surface area contributed by atoms with Gasteiger partial charge in [0.05, 0.1) is 0 Å². The second-order valence-corrected chi connectivity index (χ2v) is 4.44. The minimum Gasteiger partial charge on any atom is -1.00 e. The second-order valence-electron chi connectivity index (χ2n) is 4.44. The number of nitrogens with two attached hydrogens (primary N) is 2. The van der Waals surface area contributed by atoms with Crippen LogP contribution in [0.1, 0.15) is 6.92 Å². The maximum Gasteiger partial charge on any atom is 0.375 e. The van der Waals surface area contributed by atoms with Crippen molar-refractivity contribution in [3.8, 4) is 0 Å². The van der Waals surface area contributed by atoms with E-state index in [9.17, 15) is 14.7 Å². The van der Waals surface area contributed by atoms with Crippen molar-refractivity contribution in [3.05, 3.63) is 11.5 Å². The Morgan fingerprint density at radius 2 is 1.90 bits per heavy atom. The van der Waals surface area contributed by atoms with Crippen LogP contribution in [0.15, 0.2) is 16.6 Å². The Morgan fingerprint density at radius 3 is 2.25 bits per heavy atom. The molecule has 20 heavy (non-hydrogen) atoms. The molecule has 0 spiro atoms. The molecule has 0 aliphatic carbocycles. The second kappa shape index (κ2) is 6.38. The molecular formula is C11H18ClN5O3. The van der Waals surface area contributed by atoms with E-state index in [2.05, 4.69) is 5.10 Å². The minimum atomic E-state index is -0.776. The number of carbonyl (C=O) groups excluding carboxylic acids is 2. The molecule has 5 N–H and O–H groups in total. The third-order valence-electron chi connectivity index (χ3n) is 2.99. The van der Waals surface area contributed by atoms with E-state index < -0.39 is 11.8 Å². The zero-order chi connectivity index (χ0) is 14.9. The lowest BCUT2D eigenvalue weighted by atomic mass is 9.89. The van der Waals surface area contributed by atoms with Gasteiger partial charge < -0.3 is 34.0 Å². The number of carbonyl (C=O) groups is 2. The number of amides is 2. The normalized spacial score (nSPS) is 20.8. The molecule has 1 atom stereocenters. The van der Waals surface area contributed by atoms with Crippen molar-refractivity contribution in [2.75, 3.05) is 21.1 Å². The maximum absolute atomic E-state index is 12.1. The summed E-state index contributed by atoms with van der Waals surface area (Å²) in [4.78, 5) is 24.8. The molecule has 0 bridgehead atoms. The summed E-state index contributed by atoms with van der Waals surface area (Å²) >= 11 is 0. The van der Waals surface area contributed by atoms with Crippen molar-refractivity contribution in [3.63, 3.8) is 0 Å². The van der Waals surface area contributed by atoms with Gasteiger partial charge >= 0.3 is 11.8 Å². The highest BCUT2D eigenvalue weighted by molar-refractivity contribution is 6.66. The van der Waals surface area contributed by atoms with E-state index in [4.69, 9.17) is 11.6 Å². The minimum absolute atomic E-state index is 0. The first kappa shape index (κ1) is 17.9. The Balaban J connectivity index is 0.00000361. The third-order valence-corrected chi connectivity index (χ3v) is 2.99. The number of hydrazone groups is 1. The van der Waals surface area contributed by atoms with Gasteiger partial charge in [-0.15, -0.1) is 0 Å². The van der Waals surface area contributed by atoms with Crippen LogP contribution in [0, 0.1) is 5.92 Å². The summed E-state index contributed by atoms with van der Waals surface area (Å²) in [5.41, 5.74) is 5.50. The molecule has 0 aromatic rings. The van der Waals surface area contributed by atoms with Crippen LogP contribution in [0.2, 0.25) is 0 Å². The molecule has 1 heterocycles. The number of hydrogen-bond acceptors (Lipinski definition) is 5. The Morgan fingerprint density at radius 1 is 1.40 bits per heavy atom. The van der Waals surface area contributed by atoms with Gasteiger partial charge in [-0.05, 0) is 0 Å². The zero-order valence-electron chi connectivity index (χ0n) is 11.7. The van der Waals surface area contributed by atoms with Gasteiger partial charge in [-0.3, -0.25) is 9.59 Å². The number of nitrogens with zero attached hydrogens (tertiary/aromatic N) is 3. The summed E-state index contributed by atoms with van der Waals surface area (Å²) < 4.78 is 1.12. The third kappa shape index (κ3) is 2.74. The summed E-state index contributed by atoms with van der Waals surface area (Å²) in [5, 5.41) is 13.6. The highest BCUT2D eigenvalue weighted by Gasteiger charge is 2.43. The van der Waals surface area contributed by atoms with Crippen molar-refractivity contribution in [1.29, 1.82) is 0 Å². The molecule has 0 fully saturated rings. The lowest BCUT2D eigenvalue weighted by Crippen LogP contribution is -3.00. The van der Waals surface area contributed by atoms with Crippen LogP contribution in [-0.4, -0.2) is 59.0 Å². The van der Waals surface area contributed by atoms with E-state index in [0.29, 0.717) is 0 Å². The first-order chi connectivity index (χ1) is 8.73. The fraction of sp³-hybridized carbons (Fsp3) is 0.455. The summed E-state index contributed by atoms with van der Waals surface area (Å²) in [6.07, 6.45) is 0. The molecule has 0 aromatic carbocycles. The number of aliphatic hydroxyl groups is 1. The molecule has 2 amide bonds. The Hall–Kier alpha value is -2.09. The van der Waals surface area contributed by atoms with E-state index in [1.165, 1.54) is 11.9 Å². The summed E-state index contributed by atoms with van der Waals surface area (Å²) in [7, 11) is 4.53. The Kier molecular flexibility index (Phi) is 5.71. The highest BCUT2D eigenvalue weighted by atomic mass is 35.5. The van der Waals surface area contributed by atoms with Gasteiger partial charge in [0, 0.05) is 20.0 Å². The summed E-state index contributed by atoms with van der Waals surface area (Å²) in [6, 6.07) is 0. The topological polar surface area (TPSA) is 125 Å². The van der Waals surface area contributed by atoms with Crippen molar-refractivity contribution in [2.45, 2.75) is 6.92 Å². The van der Waals surface area contributed by atoms with Crippen molar-refractivity contribution >= 4 is 23.2 Å². The van der Waals surface area contributed by atoms with Crippen LogP contribution in [0.4, 0.5) is 0 Å². The van der Waals surface area contributed by atoms with Gasteiger partial charge in [-0.25, -0.2) is 0 Å². The van der Waals surface area contributed by atoms with Gasteiger partial charge in [0.1, 0.15) is 18.3 Å². The summed E-state index contributed by atoms with van der Waals surface area (Å²) in [6.45, 7) is 1.62.